The van der Waals surface area contributed by atoms with Crippen LogP contribution in [0.2, 0.25) is 0 Å². The summed E-state index contributed by atoms with van der Waals surface area (Å²) < 4.78 is 11.1. The summed E-state index contributed by atoms with van der Waals surface area (Å²) in [6, 6.07) is 0. The van der Waals surface area contributed by atoms with Crippen molar-refractivity contribution in [2.45, 2.75) is 25.6 Å². The van der Waals surface area contributed by atoms with E-state index in [9.17, 15) is 0 Å². The van der Waals surface area contributed by atoms with Gasteiger partial charge in [0.15, 0.2) is 0 Å². The molecule has 3 heteroatoms. The highest BCUT2D eigenvalue weighted by atomic mass is 16.6. The third kappa shape index (κ3) is 1.37. The Morgan fingerprint density at radius 2 is 2.25 bits per heavy atom. The minimum Gasteiger partial charge on any atom is -0.375 e. The minimum absolute atomic E-state index is 0.0493. The van der Waals surface area contributed by atoms with Gasteiger partial charge >= 0.3 is 0 Å². The van der Waals surface area contributed by atoms with Gasteiger partial charge in [0.25, 0.3) is 0 Å². The molecule has 2 aliphatic rings. The van der Waals surface area contributed by atoms with Gasteiger partial charge in [0.05, 0.1) is 19.3 Å². The molecule has 3 nitrogen and oxygen atoms in total. The molecule has 0 aromatic heterocycles. The quantitative estimate of drug-likeness (QED) is 0.573. The van der Waals surface area contributed by atoms with Crippen molar-refractivity contribution in [1.82, 2.24) is 4.90 Å². The van der Waals surface area contributed by atoms with Gasteiger partial charge in [-0.3, -0.25) is 4.90 Å². The predicted molar refractivity (Wildman–Crippen MR) is 46.2 cm³/mol. The molecule has 0 aromatic carbocycles. The largest absolute Gasteiger partial charge is 0.375 e. The van der Waals surface area contributed by atoms with Crippen LogP contribution in [0.4, 0.5) is 0 Å². The minimum atomic E-state index is 0.0493. The first kappa shape index (κ1) is 8.48. The number of rotatable bonds is 1. The molecular formula is C9H17NO2. The molecule has 0 aliphatic carbocycles. The molecule has 0 amide bonds. The van der Waals surface area contributed by atoms with Gasteiger partial charge in [0.1, 0.15) is 5.60 Å². The molecule has 70 valence electrons. The van der Waals surface area contributed by atoms with Crippen molar-refractivity contribution in [3.05, 3.63) is 0 Å². The fraction of sp³-hybridized carbons (Fsp3) is 1.00. The fourth-order valence-corrected chi connectivity index (χ4v) is 2.07. The smallest absolute Gasteiger partial charge is 0.128 e. The number of hydrogen-bond acceptors (Lipinski definition) is 3. The van der Waals surface area contributed by atoms with Crippen LogP contribution in [0.15, 0.2) is 0 Å². The van der Waals surface area contributed by atoms with Crippen LogP contribution >= 0.6 is 0 Å². The second kappa shape index (κ2) is 2.98. The monoisotopic (exact) mass is 171 g/mol. The topological polar surface area (TPSA) is 21.7 Å². The van der Waals surface area contributed by atoms with E-state index in [1.807, 2.05) is 0 Å². The maximum atomic E-state index is 5.88. The first-order chi connectivity index (χ1) is 5.74. The fourth-order valence-electron chi connectivity index (χ4n) is 2.07. The van der Waals surface area contributed by atoms with Crippen molar-refractivity contribution in [1.29, 1.82) is 0 Å². The maximum Gasteiger partial charge on any atom is 0.128 e. The molecule has 1 atom stereocenters. The zero-order valence-corrected chi connectivity index (χ0v) is 7.88. The third-order valence-electron chi connectivity index (χ3n) is 2.66. The van der Waals surface area contributed by atoms with Crippen molar-refractivity contribution in [3.63, 3.8) is 0 Å². The summed E-state index contributed by atoms with van der Waals surface area (Å²) in [4.78, 5) is 2.44. The van der Waals surface area contributed by atoms with Crippen LogP contribution < -0.4 is 0 Å². The molecule has 0 bridgehead atoms. The van der Waals surface area contributed by atoms with E-state index < -0.39 is 0 Å². The zero-order valence-electron chi connectivity index (χ0n) is 7.88. The SMILES string of the molecule is CCN1C[C@@H](C)OC2(COC2)C1. The molecule has 2 rings (SSSR count). The standard InChI is InChI=1S/C9H17NO2/c1-3-10-4-8(2)12-9(5-10)6-11-7-9/h8H,3-7H2,1-2H3/t8-/m1/s1. The number of ether oxygens (including phenoxy) is 2. The summed E-state index contributed by atoms with van der Waals surface area (Å²) in [5, 5.41) is 0. The van der Waals surface area contributed by atoms with E-state index >= 15 is 0 Å². The second-order valence-corrected chi connectivity index (χ2v) is 3.93. The average molecular weight is 171 g/mol. The predicted octanol–water partition coefficient (Wildman–Crippen LogP) is 0.496. The molecule has 2 saturated heterocycles. The van der Waals surface area contributed by atoms with Gasteiger partial charge in [-0.1, -0.05) is 6.92 Å². The molecule has 2 heterocycles. The van der Waals surface area contributed by atoms with Gasteiger partial charge < -0.3 is 9.47 Å². The molecule has 0 saturated carbocycles. The molecule has 12 heavy (non-hydrogen) atoms. The lowest BCUT2D eigenvalue weighted by atomic mass is 9.98. The summed E-state index contributed by atoms with van der Waals surface area (Å²) in [6.07, 6.45) is 0.364. The third-order valence-corrected chi connectivity index (χ3v) is 2.66. The van der Waals surface area contributed by atoms with Gasteiger partial charge in [-0.25, -0.2) is 0 Å². The molecule has 0 radical (unpaired) electrons. The lowest BCUT2D eigenvalue weighted by molar-refractivity contribution is -0.258. The first-order valence-electron chi connectivity index (χ1n) is 4.72. The van der Waals surface area contributed by atoms with Gasteiger partial charge in [-0.15, -0.1) is 0 Å². The number of likely N-dealkylation sites (N-methyl/N-ethyl adjacent to an activating group) is 1. The molecule has 0 N–H and O–H groups in total. The highest BCUT2D eigenvalue weighted by molar-refractivity contribution is 4.94. The number of morpholine rings is 1. The van der Waals surface area contributed by atoms with E-state index in [0.717, 1.165) is 32.8 Å². The second-order valence-electron chi connectivity index (χ2n) is 3.93. The molecule has 0 aromatic rings. The maximum absolute atomic E-state index is 5.88. The Morgan fingerprint density at radius 1 is 1.50 bits per heavy atom. The molecule has 2 fully saturated rings. The first-order valence-corrected chi connectivity index (χ1v) is 4.72. The van der Waals surface area contributed by atoms with E-state index in [-0.39, 0.29) is 5.60 Å². The van der Waals surface area contributed by atoms with Crippen molar-refractivity contribution in [2.75, 3.05) is 32.8 Å². The van der Waals surface area contributed by atoms with Gasteiger partial charge in [0.2, 0.25) is 0 Å². The summed E-state index contributed by atoms with van der Waals surface area (Å²) in [5.74, 6) is 0. The van der Waals surface area contributed by atoms with Gasteiger partial charge in [-0.2, -0.15) is 0 Å². The van der Waals surface area contributed by atoms with Crippen LogP contribution in [0.25, 0.3) is 0 Å². The highest BCUT2D eigenvalue weighted by Gasteiger charge is 2.45. The van der Waals surface area contributed by atoms with E-state index in [2.05, 4.69) is 18.7 Å². The van der Waals surface area contributed by atoms with Crippen LogP contribution in [-0.2, 0) is 9.47 Å². The Morgan fingerprint density at radius 3 is 2.75 bits per heavy atom. The average Bonchev–Trinajstić information content (AvgIpc) is 2.00. The summed E-state index contributed by atoms with van der Waals surface area (Å²) >= 11 is 0. The van der Waals surface area contributed by atoms with Crippen molar-refractivity contribution in [2.24, 2.45) is 0 Å². The molecule has 2 aliphatic heterocycles. The van der Waals surface area contributed by atoms with Crippen LogP contribution in [-0.4, -0.2) is 49.5 Å². The Labute approximate surface area is 73.6 Å². The van der Waals surface area contributed by atoms with E-state index in [0.29, 0.717) is 6.10 Å². The van der Waals surface area contributed by atoms with Crippen LogP contribution in [0.3, 0.4) is 0 Å². The zero-order chi connectivity index (χ0) is 8.60. The van der Waals surface area contributed by atoms with Gasteiger partial charge in [-0.05, 0) is 13.5 Å². The van der Waals surface area contributed by atoms with Crippen LogP contribution in [0, 0.1) is 0 Å². The van der Waals surface area contributed by atoms with E-state index in [4.69, 9.17) is 9.47 Å². The Kier molecular flexibility index (Phi) is 2.10. The van der Waals surface area contributed by atoms with Crippen molar-refractivity contribution < 1.29 is 9.47 Å². The number of hydrogen-bond donors (Lipinski definition) is 0. The lowest BCUT2D eigenvalue weighted by Gasteiger charge is -2.49. The van der Waals surface area contributed by atoms with Crippen molar-refractivity contribution in [3.8, 4) is 0 Å². The highest BCUT2D eigenvalue weighted by Crippen LogP contribution is 2.28. The Hall–Kier alpha value is -0.120. The summed E-state index contributed by atoms with van der Waals surface area (Å²) in [5.41, 5.74) is 0.0493. The normalized spacial score (nSPS) is 35.0. The Bertz CT molecular complexity index is 168. The number of nitrogens with zero attached hydrogens (tertiary/aromatic N) is 1. The summed E-state index contributed by atoms with van der Waals surface area (Å²) in [7, 11) is 0. The van der Waals surface area contributed by atoms with Crippen LogP contribution in [0.5, 0.6) is 0 Å². The lowest BCUT2D eigenvalue weighted by Crippen LogP contribution is -2.64. The van der Waals surface area contributed by atoms with E-state index in [1.165, 1.54) is 0 Å². The van der Waals surface area contributed by atoms with Crippen molar-refractivity contribution >= 4 is 0 Å². The summed E-state index contributed by atoms with van der Waals surface area (Å²) in [6.45, 7) is 9.15. The molecular weight excluding hydrogens is 154 g/mol. The Balaban J connectivity index is 1.98. The van der Waals surface area contributed by atoms with Crippen LogP contribution in [0.1, 0.15) is 13.8 Å². The molecule has 1 spiro atoms. The molecule has 0 unspecified atom stereocenters. The van der Waals surface area contributed by atoms with E-state index in [1.54, 1.807) is 0 Å². The van der Waals surface area contributed by atoms with Gasteiger partial charge in [0, 0.05) is 13.1 Å².